The summed E-state index contributed by atoms with van der Waals surface area (Å²) in [6.45, 7) is 3.53. The van der Waals surface area contributed by atoms with E-state index in [9.17, 15) is 33.5 Å². The Kier molecular flexibility index (Phi) is 9.75. The highest BCUT2D eigenvalue weighted by Gasteiger charge is 2.42. The predicted octanol–water partition coefficient (Wildman–Crippen LogP) is 3.18. The molecule has 3 amide bonds. The van der Waals surface area contributed by atoms with Crippen LogP contribution in [0.1, 0.15) is 36.7 Å². The summed E-state index contributed by atoms with van der Waals surface area (Å²) in [6.07, 6.45) is 6.49. The van der Waals surface area contributed by atoms with Gasteiger partial charge in [0.15, 0.2) is 6.10 Å². The number of nitriles is 1. The fourth-order valence-electron chi connectivity index (χ4n) is 5.41. The van der Waals surface area contributed by atoms with Crippen LogP contribution in [0.3, 0.4) is 0 Å². The van der Waals surface area contributed by atoms with Crippen molar-refractivity contribution in [3.63, 3.8) is 0 Å². The highest BCUT2D eigenvalue weighted by Crippen LogP contribution is 2.33. The summed E-state index contributed by atoms with van der Waals surface area (Å²) in [5, 5.41) is 25.4. The number of benzene rings is 1. The van der Waals surface area contributed by atoms with Crippen molar-refractivity contribution in [2.75, 3.05) is 13.1 Å². The first-order valence-electron chi connectivity index (χ1n) is 13.6. The number of allylic oxidation sites excluding steroid dienone is 4. The average molecular weight is 582 g/mol. The van der Waals surface area contributed by atoms with E-state index < -0.39 is 42.5 Å². The van der Waals surface area contributed by atoms with Crippen LogP contribution < -0.4 is 15.4 Å². The van der Waals surface area contributed by atoms with Crippen LogP contribution in [0.5, 0.6) is 5.75 Å². The van der Waals surface area contributed by atoms with Crippen LogP contribution in [0, 0.1) is 23.2 Å². The molecule has 2 aliphatic rings. The number of amides is 3. The van der Waals surface area contributed by atoms with Crippen LogP contribution in [0.25, 0.3) is 10.9 Å². The number of rotatable bonds is 11. The molecule has 222 valence electrons. The minimum atomic E-state index is -3.05. The minimum absolute atomic E-state index is 0.0596. The number of carbonyl (C=O) groups excluding carboxylic acids is 3. The molecule has 2 aromatic rings. The first kappa shape index (κ1) is 30.5. The molecule has 1 unspecified atom stereocenters. The molecular weight excluding hydrogens is 548 g/mol. The topological polar surface area (TPSA) is 148 Å². The number of likely N-dealkylation sites (tertiary alicyclic amines) is 1. The van der Waals surface area contributed by atoms with Gasteiger partial charge in [0.2, 0.25) is 11.8 Å². The van der Waals surface area contributed by atoms with Gasteiger partial charge in [0.05, 0.1) is 12.1 Å². The summed E-state index contributed by atoms with van der Waals surface area (Å²) in [5.74, 6) is -2.21. The summed E-state index contributed by atoms with van der Waals surface area (Å²) < 4.78 is 30.5. The number of hydrogen-bond acceptors (Lipinski definition) is 6. The Labute approximate surface area is 241 Å². The van der Waals surface area contributed by atoms with Gasteiger partial charge < -0.3 is 30.4 Å². The quantitative estimate of drug-likeness (QED) is 0.237. The number of hydrogen-bond donors (Lipinski definition) is 4. The standard InChI is InChI=1S/C30H33F2N5O5/c1-3-4-5-7-17(2)19-13-24(28(40)36-22(25(38)15-33)12-18-10-11-34-27(18)39)37(16-19)29(41)23-14-20-21(35-23)8-6-9-26(20)42-30(31)32/h3-9,14,18-19,22,24-25,30,35,38H,2,10-13,16H2,1H3,(H,34,39)(H,36,40)/b4-3-,7-5-/t18-,19+,22-,24-,25?/m0/s1. The molecule has 4 rings (SSSR count). The number of ether oxygens (including phenoxy) is 1. The Bertz CT molecular complexity index is 1450. The van der Waals surface area contributed by atoms with Gasteiger partial charge in [-0.05, 0) is 44.4 Å². The summed E-state index contributed by atoms with van der Waals surface area (Å²) in [5.41, 5.74) is 1.17. The number of aromatic nitrogens is 1. The molecule has 4 N–H and O–H groups in total. The molecule has 1 aromatic carbocycles. The molecule has 0 saturated carbocycles. The number of aromatic amines is 1. The van der Waals surface area contributed by atoms with Crippen LogP contribution in [-0.2, 0) is 9.59 Å². The molecule has 3 heterocycles. The van der Waals surface area contributed by atoms with Crippen LogP contribution in [0.2, 0.25) is 0 Å². The third-order valence-electron chi connectivity index (χ3n) is 7.62. The van der Waals surface area contributed by atoms with Gasteiger partial charge in [-0.25, -0.2) is 0 Å². The molecule has 2 aliphatic heterocycles. The van der Waals surface area contributed by atoms with Crippen molar-refractivity contribution in [2.45, 2.75) is 51.0 Å². The lowest BCUT2D eigenvalue weighted by Gasteiger charge is -2.27. The van der Waals surface area contributed by atoms with Crippen molar-refractivity contribution < 1.29 is 33.0 Å². The molecule has 2 fully saturated rings. The van der Waals surface area contributed by atoms with Crippen molar-refractivity contribution in [2.24, 2.45) is 11.8 Å². The highest BCUT2D eigenvalue weighted by molar-refractivity contribution is 6.01. The van der Waals surface area contributed by atoms with E-state index in [0.29, 0.717) is 24.1 Å². The number of fused-ring (bicyclic) bond motifs is 1. The van der Waals surface area contributed by atoms with E-state index in [-0.39, 0.29) is 48.0 Å². The third kappa shape index (κ3) is 6.86. The van der Waals surface area contributed by atoms with E-state index in [2.05, 4.69) is 26.9 Å². The highest BCUT2D eigenvalue weighted by atomic mass is 19.3. The van der Waals surface area contributed by atoms with E-state index in [1.165, 1.54) is 23.1 Å². The SMILES string of the molecule is C=C(/C=C\C=C/C)[C@@H]1C[C@@H](C(=O)N[C@@H](C[C@@H]2CCNC2=O)C(O)C#N)N(C(=O)c2cc3c(OC(F)F)cccc3[nH]2)C1. The first-order chi connectivity index (χ1) is 20.1. The Hall–Kier alpha value is -4.50. The Morgan fingerprint density at radius 3 is 2.81 bits per heavy atom. The predicted molar refractivity (Wildman–Crippen MR) is 150 cm³/mol. The van der Waals surface area contributed by atoms with E-state index in [1.807, 2.05) is 19.1 Å². The first-order valence-corrected chi connectivity index (χ1v) is 13.6. The van der Waals surface area contributed by atoms with E-state index >= 15 is 0 Å². The molecule has 0 bridgehead atoms. The van der Waals surface area contributed by atoms with Crippen molar-refractivity contribution >= 4 is 28.6 Å². The molecule has 0 aliphatic carbocycles. The third-order valence-corrected chi connectivity index (χ3v) is 7.62. The lowest BCUT2D eigenvalue weighted by atomic mass is 9.94. The maximum atomic E-state index is 13.8. The van der Waals surface area contributed by atoms with Gasteiger partial charge in [-0.2, -0.15) is 14.0 Å². The Morgan fingerprint density at radius 2 is 2.14 bits per heavy atom. The molecule has 42 heavy (non-hydrogen) atoms. The van der Waals surface area contributed by atoms with Crippen molar-refractivity contribution in [3.8, 4) is 11.8 Å². The van der Waals surface area contributed by atoms with Crippen molar-refractivity contribution in [3.05, 3.63) is 66.4 Å². The van der Waals surface area contributed by atoms with Crippen LogP contribution in [0.15, 0.2) is 60.7 Å². The Morgan fingerprint density at radius 1 is 1.36 bits per heavy atom. The van der Waals surface area contributed by atoms with E-state index in [0.717, 1.165) is 0 Å². The number of nitrogens with one attached hydrogen (secondary N) is 3. The largest absolute Gasteiger partial charge is 0.434 e. The monoisotopic (exact) mass is 581 g/mol. The number of aliphatic hydroxyl groups is 1. The second-order valence-corrected chi connectivity index (χ2v) is 10.3. The normalized spacial score (nSPS) is 22.0. The van der Waals surface area contributed by atoms with Gasteiger partial charge in [0.1, 0.15) is 17.5 Å². The number of alkyl halides is 2. The summed E-state index contributed by atoms with van der Waals surface area (Å²) in [7, 11) is 0. The minimum Gasteiger partial charge on any atom is -0.434 e. The molecule has 5 atom stereocenters. The molecule has 10 nitrogen and oxygen atoms in total. The Balaban J connectivity index is 1.61. The number of H-pyrrole nitrogens is 1. The average Bonchev–Trinajstić information content (AvgIpc) is 3.70. The lowest BCUT2D eigenvalue weighted by molar-refractivity contribution is -0.127. The van der Waals surface area contributed by atoms with Gasteiger partial charge >= 0.3 is 6.61 Å². The fourth-order valence-corrected chi connectivity index (χ4v) is 5.41. The van der Waals surface area contributed by atoms with Gasteiger partial charge in [0.25, 0.3) is 5.91 Å². The number of nitrogens with zero attached hydrogens (tertiary/aromatic N) is 2. The van der Waals surface area contributed by atoms with Crippen LogP contribution >= 0.6 is 0 Å². The van der Waals surface area contributed by atoms with Crippen LogP contribution in [0.4, 0.5) is 8.78 Å². The lowest BCUT2D eigenvalue weighted by Crippen LogP contribution is -2.52. The number of aliphatic hydroxyl groups excluding tert-OH is 1. The maximum Gasteiger partial charge on any atom is 0.387 e. The fraction of sp³-hybridized carbons (Fsp3) is 0.400. The zero-order valence-electron chi connectivity index (χ0n) is 23.1. The van der Waals surface area contributed by atoms with Crippen molar-refractivity contribution in [1.29, 1.82) is 5.26 Å². The van der Waals surface area contributed by atoms with Crippen molar-refractivity contribution in [1.82, 2.24) is 20.5 Å². The van der Waals surface area contributed by atoms with Crippen LogP contribution in [-0.4, -0.2) is 70.6 Å². The number of carbonyl (C=O) groups is 3. The summed E-state index contributed by atoms with van der Waals surface area (Å²) >= 11 is 0. The molecule has 0 spiro atoms. The summed E-state index contributed by atoms with van der Waals surface area (Å²) in [6, 6.07) is 5.59. The van der Waals surface area contributed by atoms with E-state index in [1.54, 1.807) is 24.3 Å². The molecule has 1 aromatic heterocycles. The zero-order valence-corrected chi connectivity index (χ0v) is 23.1. The van der Waals surface area contributed by atoms with Gasteiger partial charge in [0, 0.05) is 35.8 Å². The molecule has 12 heteroatoms. The zero-order chi connectivity index (χ0) is 30.4. The summed E-state index contributed by atoms with van der Waals surface area (Å²) in [4.78, 5) is 43.9. The van der Waals surface area contributed by atoms with Gasteiger partial charge in [-0.15, -0.1) is 0 Å². The molecular formula is C30H33F2N5O5. The smallest absolute Gasteiger partial charge is 0.387 e. The molecule has 0 radical (unpaired) electrons. The second-order valence-electron chi connectivity index (χ2n) is 10.3. The van der Waals surface area contributed by atoms with E-state index in [4.69, 9.17) is 0 Å². The maximum absolute atomic E-state index is 13.8. The van der Waals surface area contributed by atoms with Gasteiger partial charge in [-0.1, -0.05) is 42.5 Å². The van der Waals surface area contributed by atoms with Gasteiger partial charge in [-0.3, -0.25) is 14.4 Å². The number of halogens is 2. The second kappa shape index (κ2) is 13.4. The molecule has 2 saturated heterocycles.